The van der Waals surface area contributed by atoms with Crippen LogP contribution in [0.2, 0.25) is 0 Å². The molecule has 3 heteroatoms. The van der Waals surface area contributed by atoms with Crippen molar-refractivity contribution in [1.29, 1.82) is 0 Å². The molecule has 1 aliphatic carbocycles. The van der Waals surface area contributed by atoms with Gasteiger partial charge in [-0.1, -0.05) is 19.8 Å². The van der Waals surface area contributed by atoms with E-state index in [0.717, 1.165) is 18.4 Å². The Morgan fingerprint density at radius 1 is 1.18 bits per heavy atom. The summed E-state index contributed by atoms with van der Waals surface area (Å²) in [6, 6.07) is 0. The van der Waals surface area contributed by atoms with Crippen LogP contribution in [0.1, 0.15) is 53.4 Å². The second-order valence-electron chi connectivity index (χ2n) is 6.55. The first-order valence-electron chi connectivity index (χ1n) is 6.88. The Morgan fingerprint density at radius 2 is 1.76 bits per heavy atom. The highest BCUT2D eigenvalue weighted by molar-refractivity contribution is 5.78. The van der Waals surface area contributed by atoms with Gasteiger partial charge in [0.25, 0.3) is 0 Å². The van der Waals surface area contributed by atoms with Crippen LogP contribution >= 0.6 is 0 Å². The fourth-order valence-corrected chi connectivity index (χ4v) is 2.39. The third-order valence-electron chi connectivity index (χ3n) is 3.37. The summed E-state index contributed by atoms with van der Waals surface area (Å²) in [7, 11) is 0. The highest BCUT2D eigenvalue weighted by Crippen LogP contribution is 2.27. The number of carbonyl (C=O) groups is 1. The van der Waals surface area contributed by atoms with Crippen molar-refractivity contribution < 1.29 is 4.79 Å². The molecule has 1 fully saturated rings. The van der Waals surface area contributed by atoms with Gasteiger partial charge in [-0.2, -0.15) is 0 Å². The van der Waals surface area contributed by atoms with Crippen molar-refractivity contribution in [3.63, 3.8) is 0 Å². The van der Waals surface area contributed by atoms with Crippen molar-refractivity contribution in [2.75, 3.05) is 13.1 Å². The van der Waals surface area contributed by atoms with Crippen LogP contribution in [0.25, 0.3) is 0 Å². The van der Waals surface area contributed by atoms with Gasteiger partial charge in [0.15, 0.2) is 0 Å². The average Bonchev–Trinajstić information content (AvgIpc) is 2.18. The molecule has 0 radical (unpaired) electrons. The SMILES string of the molecule is CC1CCC(CNCC(=O)NC(C)(C)C)CC1. The van der Waals surface area contributed by atoms with Crippen molar-refractivity contribution >= 4 is 5.91 Å². The maximum Gasteiger partial charge on any atom is 0.234 e. The first-order chi connectivity index (χ1) is 7.87. The molecule has 0 aromatic carbocycles. The maximum absolute atomic E-state index is 11.6. The Kier molecular flexibility index (Phi) is 5.44. The summed E-state index contributed by atoms with van der Waals surface area (Å²) in [5.41, 5.74) is -0.126. The molecule has 0 atom stereocenters. The van der Waals surface area contributed by atoms with Gasteiger partial charge in [0, 0.05) is 5.54 Å². The van der Waals surface area contributed by atoms with Gasteiger partial charge < -0.3 is 10.6 Å². The molecular formula is C14H28N2O. The lowest BCUT2D eigenvalue weighted by Gasteiger charge is -2.26. The lowest BCUT2D eigenvalue weighted by Crippen LogP contribution is -2.45. The summed E-state index contributed by atoms with van der Waals surface area (Å²) in [6.07, 6.45) is 5.32. The predicted molar refractivity (Wildman–Crippen MR) is 71.9 cm³/mol. The van der Waals surface area contributed by atoms with Gasteiger partial charge in [0.05, 0.1) is 6.54 Å². The molecule has 1 amide bonds. The zero-order chi connectivity index (χ0) is 12.9. The minimum atomic E-state index is -0.126. The highest BCUT2D eigenvalue weighted by atomic mass is 16.2. The summed E-state index contributed by atoms with van der Waals surface area (Å²) >= 11 is 0. The van der Waals surface area contributed by atoms with Crippen molar-refractivity contribution in [2.45, 2.75) is 58.9 Å². The molecule has 0 aromatic rings. The van der Waals surface area contributed by atoms with E-state index >= 15 is 0 Å². The molecule has 1 aliphatic rings. The average molecular weight is 240 g/mol. The van der Waals surface area contributed by atoms with E-state index in [1.165, 1.54) is 25.7 Å². The number of nitrogens with one attached hydrogen (secondary N) is 2. The Bertz CT molecular complexity index is 237. The van der Waals surface area contributed by atoms with E-state index in [-0.39, 0.29) is 11.4 Å². The summed E-state index contributed by atoms with van der Waals surface area (Å²) in [6.45, 7) is 9.79. The maximum atomic E-state index is 11.6. The van der Waals surface area contributed by atoms with Gasteiger partial charge in [0.2, 0.25) is 5.91 Å². The standard InChI is InChI=1S/C14H28N2O/c1-11-5-7-12(8-6-11)9-15-10-13(17)16-14(2,3)4/h11-12,15H,5-10H2,1-4H3,(H,16,17). The third-order valence-corrected chi connectivity index (χ3v) is 3.37. The van der Waals surface area contributed by atoms with Crippen molar-refractivity contribution in [2.24, 2.45) is 11.8 Å². The topological polar surface area (TPSA) is 41.1 Å². The van der Waals surface area contributed by atoms with Crippen LogP contribution in [0, 0.1) is 11.8 Å². The molecule has 0 saturated heterocycles. The zero-order valence-electron chi connectivity index (χ0n) is 11.8. The zero-order valence-corrected chi connectivity index (χ0v) is 11.8. The molecule has 0 spiro atoms. The largest absolute Gasteiger partial charge is 0.350 e. The van der Waals surface area contributed by atoms with E-state index in [1.54, 1.807) is 0 Å². The fraction of sp³-hybridized carbons (Fsp3) is 0.929. The van der Waals surface area contributed by atoms with Crippen LogP contribution < -0.4 is 10.6 Å². The van der Waals surface area contributed by atoms with E-state index < -0.39 is 0 Å². The molecule has 3 nitrogen and oxygen atoms in total. The van der Waals surface area contributed by atoms with Gasteiger partial charge in [0.1, 0.15) is 0 Å². The van der Waals surface area contributed by atoms with Crippen LogP contribution in [0.15, 0.2) is 0 Å². The lowest BCUT2D eigenvalue weighted by molar-refractivity contribution is -0.121. The minimum Gasteiger partial charge on any atom is -0.350 e. The Hall–Kier alpha value is -0.570. The quantitative estimate of drug-likeness (QED) is 0.792. The van der Waals surface area contributed by atoms with E-state index in [9.17, 15) is 4.79 Å². The number of hydrogen-bond donors (Lipinski definition) is 2. The predicted octanol–water partition coefficient (Wildman–Crippen LogP) is 2.32. The number of amides is 1. The van der Waals surface area contributed by atoms with Gasteiger partial charge in [-0.15, -0.1) is 0 Å². The molecule has 0 bridgehead atoms. The number of rotatable bonds is 4. The molecule has 1 rings (SSSR count). The van der Waals surface area contributed by atoms with Crippen molar-refractivity contribution in [3.05, 3.63) is 0 Å². The van der Waals surface area contributed by atoms with Crippen LogP contribution in [-0.2, 0) is 4.79 Å². The Morgan fingerprint density at radius 3 is 2.29 bits per heavy atom. The summed E-state index contributed by atoms with van der Waals surface area (Å²) in [5, 5.41) is 6.24. The molecule has 0 aromatic heterocycles. The van der Waals surface area contributed by atoms with Crippen molar-refractivity contribution in [1.82, 2.24) is 10.6 Å². The highest BCUT2D eigenvalue weighted by Gasteiger charge is 2.18. The normalized spacial score (nSPS) is 25.6. The molecular weight excluding hydrogens is 212 g/mol. The monoisotopic (exact) mass is 240 g/mol. The fourth-order valence-electron chi connectivity index (χ4n) is 2.39. The van der Waals surface area contributed by atoms with E-state index in [1.807, 2.05) is 20.8 Å². The molecule has 2 N–H and O–H groups in total. The Balaban J connectivity index is 2.09. The summed E-state index contributed by atoms with van der Waals surface area (Å²) in [5.74, 6) is 1.77. The van der Waals surface area contributed by atoms with E-state index in [2.05, 4.69) is 17.6 Å². The number of hydrogen-bond acceptors (Lipinski definition) is 2. The van der Waals surface area contributed by atoms with E-state index in [0.29, 0.717) is 6.54 Å². The first kappa shape index (κ1) is 14.5. The van der Waals surface area contributed by atoms with Gasteiger partial charge >= 0.3 is 0 Å². The van der Waals surface area contributed by atoms with Crippen molar-refractivity contribution in [3.8, 4) is 0 Å². The molecule has 100 valence electrons. The van der Waals surface area contributed by atoms with Gasteiger partial charge in [-0.25, -0.2) is 0 Å². The number of carbonyl (C=O) groups excluding carboxylic acids is 1. The van der Waals surface area contributed by atoms with Crippen LogP contribution in [0.4, 0.5) is 0 Å². The molecule has 0 aliphatic heterocycles. The van der Waals surface area contributed by atoms with Crippen LogP contribution in [0.5, 0.6) is 0 Å². The molecule has 1 saturated carbocycles. The van der Waals surface area contributed by atoms with Gasteiger partial charge in [-0.05, 0) is 52.0 Å². The Labute approximate surface area is 106 Å². The molecule has 0 unspecified atom stereocenters. The lowest BCUT2D eigenvalue weighted by atomic mass is 9.83. The first-order valence-corrected chi connectivity index (χ1v) is 6.88. The summed E-state index contributed by atoms with van der Waals surface area (Å²) in [4.78, 5) is 11.6. The molecule has 0 heterocycles. The van der Waals surface area contributed by atoms with E-state index in [4.69, 9.17) is 0 Å². The second-order valence-corrected chi connectivity index (χ2v) is 6.55. The smallest absolute Gasteiger partial charge is 0.234 e. The van der Waals surface area contributed by atoms with Gasteiger partial charge in [-0.3, -0.25) is 4.79 Å². The summed E-state index contributed by atoms with van der Waals surface area (Å²) < 4.78 is 0. The van der Waals surface area contributed by atoms with Crippen LogP contribution in [0.3, 0.4) is 0 Å². The third kappa shape index (κ3) is 6.67. The molecule has 17 heavy (non-hydrogen) atoms. The van der Waals surface area contributed by atoms with Crippen LogP contribution in [-0.4, -0.2) is 24.5 Å². The second kappa shape index (κ2) is 6.39. The minimum absolute atomic E-state index is 0.0988.